The van der Waals surface area contributed by atoms with Crippen molar-refractivity contribution in [2.75, 3.05) is 0 Å². The van der Waals surface area contributed by atoms with Crippen molar-refractivity contribution in [3.05, 3.63) is 30.1 Å². The summed E-state index contributed by atoms with van der Waals surface area (Å²) in [6, 6.07) is 5.66. The van der Waals surface area contributed by atoms with Crippen molar-refractivity contribution in [1.29, 1.82) is 5.26 Å². The lowest BCUT2D eigenvalue weighted by atomic mass is 9.80. The zero-order valence-corrected chi connectivity index (χ0v) is 9.80. The van der Waals surface area contributed by atoms with Crippen LogP contribution in [0.25, 0.3) is 0 Å². The molecule has 0 aromatic carbocycles. The van der Waals surface area contributed by atoms with Crippen LogP contribution < -0.4 is 0 Å². The molecule has 2 rings (SSSR count). The van der Waals surface area contributed by atoms with Gasteiger partial charge in [-0.2, -0.15) is 5.26 Å². The number of nitriles is 1. The molecule has 0 radical (unpaired) electrons. The van der Waals surface area contributed by atoms with E-state index in [1.807, 2.05) is 0 Å². The summed E-state index contributed by atoms with van der Waals surface area (Å²) >= 11 is 0. The predicted molar refractivity (Wildman–Crippen MR) is 64.2 cm³/mol. The summed E-state index contributed by atoms with van der Waals surface area (Å²) in [4.78, 5) is 16.2. The summed E-state index contributed by atoms with van der Waals surface area (Å²) in [5, 5.41) is 9.19. The molecule has 17 heavy (non-hydrogen) atoms. The van der Waals surface area contributed by atoms with Crippen molar-refractivity contribution < 1.29 is 4.79 Å². The fraction of sp³-hybridized carbons (Fsp3) is 0.500. The molecule has 1 aliphatic rings. The van der Waals surface area contributed by atoms with Gasteiger partial charge in [-0.15, -0.1) is 0 Å². The standard InChI is InChI=1S/C14H16N2O/c15-10-13(11-6-8-16-9-7-11)14(17)12-4-2-1-3-5-12/h6-9,12-13H,1-5H2. The monoisotopic (exact) mass is 228 g/mol. The first-order valence-electron chi connectivity index (χ1n) is 6.16. The van der Waals surface area contributed by atoms with Crippen LogP contribution in [0.3, 0.4) is 0 Å². The van der Waals surface area contributed by atoms with Crippen LogP contribution >= 0.6 is 0 Å². The Morgan fingerprint density at radius 3 is 2.53 bits per heavy atom. The van der Waals surface area contributed by atoms with Crippen LogP contribution in [-0.2, 0) is 4.79 Å². The molecule has 0 amide bonds. The summed E-state index contributed by atoms with van der Waals surface area (Å²) in [6.45, 7) is 0. The molecule has 3 heteroatoms. The van der Waals surface area contributed by atoms with Gasteiger partial charge in [0.15, 0.2) is 5.78 Å². The fourth-order valence-corrected chi connectivity index (χ4v) is 2.48. The average molecular weight is 228 g/mol. The molecule has 0 saturated heterocycles. The summed E-state index contributed by atoms with van der Waals surface area (Å²) in [5.74, 6) is -0.430. The number of rotatable bonds is 3. The van der Waals surface area contributed by atoms with E-state index in [4.69, 9.17) is 0 Å². The molecule has 1 aromatic rings. The number of Topliss-reactive ketones (excluding diaryl/α,β-unsaturated/α-hetero) is 1. The van der Waals surface area contributed by atoms with Gasteiger partial charge < -0.3 is 0 Å². The minimum absolute atomic E-state index is 0.0848. The zero-order chi connectivity index (χ0) is 12.1. The van der Waals surface area contributed by atoms with Gasteiger partial charge in [-0.1, -0.05) is 19.3 Å². The van der Waals surface area contributed by atoms with Crippen molar-refractivity contribution in [1.82, 2.24) is 4.98 Å². The molecule has 1 aromatic heterocycles. The molecule has 0 aliphatic heterocycles. The van der Waals surface area contributed by atoms with E-state index in [1.165, 1.54) is 6.42 Å². The van der Waals surface area contributed by atoms with Crippen LogP contribution in [-0.4, -0.2) is 10.8 Å². The van der Waals surface area contributed by atoms with Crippen LogP contribution in [0.4, 0.5) is 0 Å². The summed E-state index contributed by atoms with van der Waals surface area (Å²) in [7, 11) is 0. The molecule has 3 nitrogen and oxygen atoms in total. The molecule has 0 spiro atoms. The Hall–Kier alpha value is -1.69. The summed E-state index contributed by atoms with van der Waals surface area (Å²) in [6.07, 6.45) is 8.61. The van der Waals surface area contributed by atoms with Gasteiger partial charge in [-0.25, -0.2) is 0 Å². The Balaban J connectivity index is 2.13. The second kappa shape index (κ2) is 5.58. The number of carbonyl (C=O) groups excluding carboxylic acids is 1. The van der Waals surface area contributed by atoms with Gasteiger partial charge in [-0.05, 0) is 30.5 Å². The molecular formula is C14H16N2O. The maximum atomic E-state index is 12.3. The minimum atomic E-state index is -0.610. The van der Waals surface area contributed by atoms with Crippen LogP contribution in [0.1, 0.15) is 43.6 Å². The maximum absolute atomic E-state index is 12.3. The van der Waals surface area contributed by atoms with Crippen molar-refractivity contribution >= 4 is 5.78 Å². The summed E-state index contributed by atoms with van der Waals surface area (Å²) < 4.78 is 0. The van der Waals surface area contributed by atoms with E-state index in [-0.39, 0.29) is 11.7 Å². The first-order valence-corrected chi connectivity index (χ1v) is 6.16. The molecule has 1 fully saturated rings. The van der Waals surface area contributed by atoms with E-state index in [9.17, 15) is 10.1 Å². The SMILES string of the molecule is N#CC(C(=O)C1CCCCC1)c1ccncc1. The first kappa shape index (κ1) is 11.8. The number of ketones is 1. The minimum Gasteiger partial charge on any atom is -0.298 e. The lowest BCUT2D eigenvalue weighted by molar-refractivity contribution is -0.124. The smallest absolute Gasteiger partial charge is 0.157 e. The van der Waals surface area contributed by atoms with Gasteiger partial charge in [0.25, 0.3) is 0 Å². The number of pyridine rings is 1. The molecule has 1 saturated carbocycles. The number of hydrogen-bond acceptors (Lipinski definition) is 3. The van der Waals surface area contributed by atoms with Crippen LogP contribution in [0.5, 0.6) is 0 Å². The third kappa shape index (κ3) is 2.71. The van der Waals surface area contributed by atoms with Crippen molar-refractivity contribution in [2.24, 2.45) is 5.92 Å². The molecule has 88 valence electrons. The second-order valence-electron chi connectivity index (χ2n) is 4.58. The second-order valence-corrected chi connectivity index (χ2v) is 4.58. The Bertz CT molecular complexity index is 416. The quantitative estimate of drug-likeness (QED) is 0.799. The number of aromatic nitrogens is 1. The third-order valence-electron chi connectivity index (χ3n) is 3.46. The Labute approximate surface area is 101 Å². The highest BCUT2D eigenvalue weighted by Crippen LogP contribution is 2.29. The van der Waals surface area contributed by atoms with E-state index in [0.717, 1.165) is 31.2 Å². The Morgan fingerprint density at radius 2 is 1.94 bits per heavy atom. The van der Waals surface area contributed by atoms with Gasteiger partial charge in [0, 0.05) is 18.3 Å². The highest BCUT2D eigenvalue weighted by molar-refractivity contribution is 5.90. The van der Waals surface area contributed by atoms with Crippen LogP contribution in [0.15, 0.2) is 24.5 Å². The Kier molecular flexibility index (Phi) is 3.87. The van der Waals surface area contributed by atoms with Crippen molar-refractivity contribution in [2.45, 2.75) is 38.0 Å². The fourth-order valence-electron chi connectivity index (χ4n) is 2.48. The third-order valence-corrected chi connectivity index (χ3v) is 3.46. The number of hydrogen-bond donors (Lipinski definition) is 0. The zero-order valence-electron chi connectivity index (χ0n) is 9.80. The van der Waals surface area contributed by atoms with E-state index >= 15 is 0 Å². The van der Waals surface area contributed by atoms with Crippen LogP contribution in [0.2, 0.25) is 0 Å². The summed E-state index contributed by atoms with van der Waals surface area (Å²) in [5.41, 5.74) is 0.776. The van der Waals surface area contributed by atoms with E-state index in [2.05, 4.69) is 11.1 Å². The molecule has 1 unspecified atom stereocenters. The van der Waals surface area contributed by atoms with E-state index in [0.29, 0.717) is 0 Å². The van der Waals surface area contributed by atoms with E-state index < -0.39 is 5.92 Å². The topological polar surface area (TPSA) is 53.8 Å². The van der Waals surface area contributed by atoms with Gasteiger partial charge in [-0.3, -0.25) is 9.78 Å². The molecule has 0 N–H and O–H groups in total. The molecule has 0 bridgehead atoms. The molecule has 1 heterocycles. The lowest BCUT2D eigenvalue weighted by Gasteiger charge is -2.22. The Morgan fingerprint density at radius 1 is 1.29 bits per heavy atom. The number of nitrogens with zero attached hydrogens (tertiary/aromatic N) is 2. The number of carbonyl (C=O) groups is 1. The molecule has 1 aliphatic carbocycles. The normalized spacial score (nSPS) is 18.3. The average Bonchev–Trinajstić information content (AvgIpc) is 2.42. The molecule has 1 atom stereocenters. The van der Waals surface area contributed by atoms with Crippen molar-refractivity contribution in [3.8, 4) is 6.07 Å². The highest BCUT2D eigenvalue weighted by atomic mass is 16.1. The van der Waals surface area contributed by atoms with E-state index in [1.54, 1.807) is 24.5 Å². The lowest BCUT2D eigenvalue weighted by Crippen LogP contribution is -2.23. The van der Waals surface area contributed by atoms with Gasteiger partial charge in [0.2, 0.25) is 0 Å². The van der Waals surface area contributed by atoms with Gasteiger partial charge in [0.1, 0.15) is 5.92 Å². The predicted octanol–water partition coefficient (Wildman–Crippen LogP) is 2.84. The van der Waals surface area contributed by atoms with Crippen molar-refractivity contribution in [3.63, 3.8) is 0 Å². The van der Waals surface area contributed by atoms with Gasteiger partial charge in [0.05, 0.1) is 6.07 Å². The van der Waals surface area contributed by atoms with Crippen LogP contribution in [0, 0.1) is 17.2 Å². The van der Waals surface area contributed by atoms with Gasteiger partial charge >= 0.3 is 0 Å². The maximum Gasteiger partial charge on any atom is 0.157 e. The largest absolute Gasteiger partial charge is 0.298 e. The highest BCUT2D eigenvalue weighted by Gasteiger charge is 2.29. The molecular weight excluding hydrogens is 212 g/mol. The first-order chi connectivity index (χ1) is 8.33.